The molecule has 2 aliphatic rings. The van der Waals surface area contributed by atoms with Crippen molar-refractivity contribution in [3.8, 4) is 16.3 Å². The zero-order valence-corrected chi connectivity index (χ0v) is 18.6. The molecule has 0 saturated heterocycles. The van der Waals surface area contributed by atoms with Crippen molar-refractivity contribution in [3.05, 3.63) is 50.5 Å². The van der Waals surface area contributed by atoms with Gasteiger partial charge in [0, 0.05) is 21.2 Å². The fraction of sp³-hybridized carbons (Fsp3) is 0.417. The summed E-state index contributed by atoms with van der Waals surface area (Å²) in [6.07, 6.45) is 3.05. The monoisotopic (exact) mass is 439 g/mol. The summed E-state index contributed by atoms with van der Waals surface area (Å²) in [4.78, 5) is 26.8. The smallest absolute Gasteiger partial charge is 0.345 e. The first-order chi connectivity index (χ1) is 14.7. The minimum absolute atomic E-state index is 0.0567. The number of methoxy groups -OCH3 is 1. The highest BCUT2D eigenvalue weighted by molar-refractivity contribution is 7.15. The molecule has 2 N–H and O–H groups in total. The van der Waals surface area contributed by atoms with Crippen molar-refractivity contribution in [2.45, 2.75) is 51.7 Å². The van der Waals surface area contributed by atoms with Crippen molar-refractivity contribution in [1.29, 1.82) is 0 Å². The second kappa shape index (κ2) is 6.93. The van der Waals surface area contributed by atoms with Gasteiger partial charge in [-0.1, -0.05) is 19.9 Å². The van der Waals surface area contributed by atoms with Gasteiger partial charge < -0.3 is 19.5 Å². The third-order valence-corrected chi connectivity index (χ3v) is 7.65. The molecular weight excluding hydrogens is 414 g/mol. The van der Waals surface area contributed by atoms with Crippen molar-refractivity contribution in [3.63, 3.8) is 0 Å². The van der Waals surface area contributed by atoms with Crippen molar-refractivity contribution < 1.29 is 19.7 Å². The van der Waals surface area contributed by atoms with Crippen LogP contribution in [0.5, 0.6) is 5.88 Å². The second-order valence-corrected chi connectivity index (χ2v) is 10.5. The summed E-state index contributed by atoms with van der Waals surface area (Å²) in [7, 11) is 1.41. The van der Waals surface area contributed by atoms with Crippen LogP contribution in [-0.2, 0) is 6.42 Å². The quantitative estimate of drug-likeness (QED) is 0.611. The molecule has 31 heavy (non-hydrogen) atoms. The zero-order valence-electron chi connectivity index (χ0n) is 17.8. The topological polar surface area (TPSA) is 88.8 Å². The molecule has 6 nitrogen and oxygen atoms in total. The first-order valence-corrected chi connectivity index (χ1v) is 11.3. The lowest BCUT2D eigenvalue weighted by Crippen LogP contribution is -2.24. The molecule has 2 aromatic heterocycles. The molecular formula is C24H25NO5S. The molecule has 0 bridgehead atoms. The van der Waals surface area contributed by atoms with Crippen LogP contribution in [0.1, 0.15) is 66.1 Å². The number of rotatable bonds is 4. The number of aromatic carboxylic acids is 1. The average molecular weight is 440 g/mol. The Bertz CT molecular complexity index is 1280. The molecule has 1 atom stereocenters. The maximum absolute atomic E-state index is 13.0. The van der Waals surface area contributed by atoms with Crippen LogP contribution in [0.25, 0.3) is 21.3 Å². The summed E-state index contributed by atoms with van der Waals surface area (Å²) >= 11 is 1.60. The molecule has 1 unspecified atom stereocenters. The first-order valence-electron chi connectivity index (χ1n) is 10.5. The summed E-state index contributed by atoms with van der Waals surface area (Å²) in [6.45, 7) is 4.35. The van der Waals surface area contributed by atoms with Gasteiger partial charge in [-0.15, -0.1) is 11.3 Å². The number of hydrogen-bond acceptors (Lipinski definition) is 5. The van der Waals surface area contributed by atoms with E-state index in [9.17, 15) is 19.8 Å². The third kappa shape index (κ3) is 3.27. The lowest BCUT2D eigenvalue weighted by Gasteiger charge is -2.32. The van der Waals surface area contributed by atoms with Gasteiger partial charge in [-0.05, 0) is 60.4 Å². The van der Waals surface area contributed by atoms with Gasteiger partial charge in [0.05, 0.1) is 18.7 Å². The number of aliphatic hydroxyl groups is 1. The Morgan fingerprint density at radius 2 is 2.00 bits per heavy atom. The van der Waals surface area contributed by atoms with Crippen LogP contribution < -0.4 is 10.2 Å². The number of benzene rings is 1. The summed E-state index contributed by atoms with van der Waals surface area (Å²) in [5.74, 6) is -1.16. The minimum Gasteiger partial charge on any atom is -0.481 e. The van der Waals surface area contributed by atoms with E-state index in [2.05, 4.69) is 19.9 Å². The van der Waals surface area contributed by atoms with Gasteiger partial charge in [0.15, 0.2) is 5.56 Å². The number of pyridine rings is 1. The summed E-state index contributed by atoms with van der Waals surface area (Å²) in [5, 5.41) is 20.7. The molecule has 1 aromatic carbocycles. The van der Waals surface area contributed by atoms with Crippen LogP contribution in [0.3, 0.4) is 0 Å². The van der Waals surface area contributed by atoms with Gasteiger partial charge in [0.2, 0.25) is 11.3 Å². The molecule has 2 heterocycles. The second-order valence-electron chi connectivity index (χ2n) is 9.41. The number of thiophene rings is 1. The molecule has 3 aromatic rings. The molecule has 7 heteroatoms. The highest BCUT2D eigenvalue weighted by Gasteiger charge is 2.34. The van der Waals surface area contributed by atoms with E-state index < -0.39 is 17.5 Å². The minimum atomic E-state index is -1.27. The first kappa shape index (κ1) is 20.3. The number of nitrogens with zero attached hydrogens (tertiary/aromatic N) is 1. The molecule has 1 fully saturated rings. The Balaban J connectivity index is 1.72. The molecule has 5 rings (SSSR count). The van der Waals surface area contributed by atoms with Crippen LogP contribution >= 0.6 is 11.3 Å². The van der Waals surface area contributed by atoms with Crippen LogP contribution in [0.2, 0.25) is 0 Å². The van der Waals surface area contributed by atoms with Gasteiger partial charge in [0.1, 0.15) is 0 Å². The molecule has 1 saturated carbocycles. The molecule has 0 aliphatic heterocycles. The van der Waals surface area contributed by atoms with Crippen molar-refractivity contribution in [1.82, 2.24) is 4.57 Å². The maximum Gasteiger partial charge on any atom is 0.345 e. The fourth-order valence-electron chi connectivity index (χ4n) is 4.83. The third-order valence-electron chi connectivity index (χ3n) is 6.32. The van der Waals surface area contributed by atoms with Gasteiger partial charge in [-0.2, -0.15) is 0 Å². The van der Waals surface area contributed by atoms with E-state index in [1.807, 2.05) is 16.7 Å². The van der Waals surface area contributed by atoms with Crippen molar-refractivity contribution in [2.75, 3.05) is 7.11 Å². The average Bonchev–Trinajstić information content (AvgIpc) is 3.44. The number of hydrogen-bond donors (Lipinski definition) is 2. The highest BCUT2D eigenvalue weighted by atomic mass is 32.1. The predicted octanol–water partition coefficient (Wildman–Crippen LogP) is 4.78. The van der Waals surface area contributed by atoms with E-state index in [0.29, 0.717) is 10.9 Å². The Morgan fingerprint density at radius 3 is 2.65 bits per heavy atom. The lowest BCUT2D eigenvalue weighted by atomic mass is 9.76. The van der Waals surface area contributed by atoms with Crippen LogP contribution in [0.4, 0.5) is 0 Å². The van der Waals surface area contributed by atoms with E-state index in [1.165, 1.54) is 12.7 Å². The Morgan fingerprint density at radius 1 is 1.26 bits per heavy atom. The molecule has 0 spiro atoms. The SMILES string of the molecule is COc1c(C(=O)O)c(=O)c2ccc(-c3cc4c(s3)C(O)CC(C)(C)C4)cc2n1C1CC1. The summed E-state index contributed by atoms with van der Waals surface area (Å²) in [6, 6.07) is 7.82. The fourth-order valence-corrected chi connectivity index (χ4v) is 6.00. The molecule has 0 radical (unpaired) electrons. The van der Waals surface area contributed by atoms with Crippen LogP contribution in [0.15, 0.2) is 29.1 Å². The number of aliphatic hydroxyl groups excluding tert-OH is 1. The Hall–Kier alpha value is -2.64. The molecule has 162 valence electrons. The van der Waals surface area contributed by atoms with E-state index in [-0.39, 0.29) is 22.9 Å². The normalized spacial score (nSPS) is 19.9. The van der Waals surface area contributed by atoms with Crippen molar-refractivity contribution >= 4 is 28.2 Å². The number of ether oxygens (including phenoxy) is 1. The van der Waals surface area contributed by atoms with Gasteiger partial charge in [0.25, 0.3) is 0 Å². The standard InChI is InChI=1S/C24H25NO5S/c1-24(2)10-13-9-18(31-21(13)17(26)11-24)12-4-7-15-16(8-12)25(14-5-6-14)22(30-3)19(20(15)27)23(28)29/h4,7-9,14,17,26H,5-6,10-11H2,1-3H3,(H,28,29). The number of carboxylic acid groups (broad SMARTS) is 1. The number of carboxylic acids is 1. The molecule has 2 aliphatic carbocycles. The summed E-state index contributed by atoms with van der Waals surface area (Å²) in [5.41, 5.74) is 2.05. The Labute approximate surface area is 183 Å². The van der Waals surface area contributed by atoms with Crippen LogP contribution in [0, 0.1) is 5.41 Å². The van der Waals surface area contributed by atoms with Gasteiger partial charge in [-0.25, -0.2) is 4.79 Å². The van der Waals surface area contributed by atoms with E-state index in [1.54, 1.807) is 17.4 Å². The lowest BCUT2D eigenvalue weighted by molar-refractivity contribution is 0.0690. The van der Waals surface area contributed by atoms with Gasteiger partial charge in [-0.3, -0.25) is 4.79 Å². The van der Waals surface area contributed by atoms with E-state index in [4.69, 9.17) is 4.74 Å². The summed E-state index contributed by atoms with van der Waals surface area (Å²) < 4.78 is 7.30. The zero-order chi connectivity index (χ0) is 22.1. The Kier molecular flexibility index (Phi) is 4.53. The number of aromatic nitrogens is 1. The maximum atomic E-state index is 13.0. The number of fused-ring (bicyclic) bond motifs is 2. The van der Waals surface area contributed by atoms with E-state index >= 15 is 0 Å². The van der Waals surface area contributed by atoms with Gasteiger partial charge >= 0.3 is 5.97 Å². The molecule has 0 amide bonds. The van der Waals surface area contributed by atoms with E-state index in [0.717, 1.165) is 41.0 Å². The van der Waals surface area contributed by atoms with Crippen molar-refractivity contribution in [2.24, 2.45) is 5.41 Å². The predicted molar refractivity (Wildman–Crippen MR) is 120 cm³/mol. The number of carbonyl (C=O) groups is 1. The largest absolute Gasteiger partial charge is 0.481 e. The van der Waals surface area contributed by atoms with Crippen LogP contribution in [-0.4, -0.2) is 27.9 Å². The highest BCUT2D eigenvalue weighted by Crippen LogP contribution is 2.47.